The topological polar surface area (TPSA) is 67.4 Å². The number of sulfonamides is 1. The van der Waals surface area contributed by atoms with Crippen molar-refractivity contribution >= 4 is 22.4 Å². The summed E-state index contributed by atoms with van der Waals surface area (Å²) in [5.41, 5.74) is -0.0311. The van der Waals surface area contributed by atoms with Crippen molar-refractivity contribution in [2.24, 2.45) is 11.3 Å². The van der Waals surface area contributed by atoms with Crippen LogP contribution in [0.2, 0.25) is 0 Å². The van der Waals surface area contributed by atoms with E-state index in [1.54, 1.807) is 7.11 Å². The van der Waals surface area contributed by atoms with E-state index in [0.29, 0.717) is 24.8 Å². The minimum absolute atomic E-state index is 0. The molecule has 0 atom stereocenters. The molecule has 5 nitrogen and oxygen atoms in total. The second-order valence-corrected chi connectivity index (χ2v) is 7.58. The lowest BCUT2D eigenvalue weighted by Gasteiger charge is -2.37. The van der Waals surface area contributed by atoms with Crippen LogP contribution in [-0.2, 0) is 14.8 Å². The number of nitrogens with one attached hydrogen (secondary N) is 2. The summed E-state index contributed by atoms with van der Waals surface area (Å²) >= 11 is 0. The highest BCUT2D eigenvalue weighted by atomic mass is 35.5. The molecule has 0 aromatic carbocycles. The molecule has 7 heteroatoms. The molecule has 1 aliphatic carbocycles. The molecule has 0 aromatic rings. The summed E-state index contributed by atoms with van der Waals surface area (Å²) in [6.07, 6.45) is 4.06. The molecule has 2 rings (SSSR count). The molecule has 2 aliphatic rings. The zero-order chi connectivity index (χ0) is 13.1. The first kappa shape index (κ1) is 17.2. The number of rotatable bonds is 7. The van der Waals surface area contributed by atoms with Crippen molar-refractivity contribution in [3.8, 4) is 0 Å². The van der Waals surface area contributed by atoms with Crippen molar-refractivity contribution in [2.75, 3.05) is 39.1 Å². The summed E-state index contributed by atoms with van der Waals surface area (Å²) in [7, 11) is -1.42. The molecule has 114 valence electrons. The second kappa shape index (κ2) is 7.22. The largest absolute Gasteiger partial charge is 0.384 e. The Labute approximate surface area is 122 Å². The number of ether oxygens (including phenoxy) is 1. The Morgan fingerprint density at radius 3 is 2.47 bits per heavy atom. The van der Waals surface area contributed by atoms with Crippen LogP contribution in [0.4, 0.5) is 0 Å². The number of piperidine rings is 1. The summed E-state index contributed by atoms with van der Waals surface area (Å²) < 4.78 is 31.9. The van der Waals surface area contributed by atoms with Crippen LogP contribution in [-0.4, -0.2) is 47.5 Å². The van der Waals surface area contributed by atoms with Crippen molar-refractivity contribution in [3.05, 3.63) is 0 Å². The maximum absolute atomic E-state index is 11.9. The van der Waals surface area contributed by atoms with E-state index in [1.807, 2.05) is 0 Å². The predicted octanol–water partition coefficient (Wildman–Crippen LogP) is 0.754. The number of hydrogen-bond acceptors (Lipinski definition) is 4. The highest BCUT2D eigenvalue weighted by Gasteiger charge is 2.34. The smallest absolute Gasteiger partial charge is 0.211 e. The lowest BCUT2D eigenvalue weighted by atomic mass is 9.80. The van der Waals surface area contributed by atoms with Gasteiger partial charge in [0.15, 0.2) is 0 Å². The van der Waals surface area contributed by atoms with Crippen molar-refractivity contribution in [1.29, 1.82) is 0 Å². The zero-order valence-electron chi connectivity index (χ0n) is 11.5. The van der Waals surface area contributed by atoms with Gasteiger partial charge in [0.1, 0.15) is 0 Å². The second-order valence-electron chi connectivity index (χ2n) is 5.73. The molecule has 0 bridgehead atoms. The van der Waals surface area contributed by atoms with Crippen LogP contribution in [0.15, 0.2) is 0 Å². The highest BCUT2D eigenvalue weighted by molar-refractivity contribution is 7.89. The third-order valence-electron chi connectivity index (χ3n) is 3.93. The normalized spacial score (nSPS) is 22.8. The molecule has 0 aromatic heterocycles. The molecule has 0 spiro atoms. The van der Waals surface area contributed by atoms with Crippen LogP contribution < -0.4 is 10.0 Å². The lowest BCUT2D eigenvalue weighted by Crippen LogP contribution is -2.47. The lowest BCUT2D eigenvalue weighted by molar-refractivity contribution is 0.0577. The van der Waals surface area contributed by atoms with Gasteiger partial charge in [-0.15, -0.1) is 12.4 Å². The molecular weight excluding hydrogens is 288 g/mol. The van der Waals surface area contributed by atoms with Gasteiger partial charge in [-0.2, -0.15) is 0 Å². The fraction of sp³-hybridized carbons (Fsp3) is 1.00. The van der Waals surface area contributed by atoms with Crippen LogP contribution in [0, 0.1) is 11.3 Å². The van der Waals surface area contributed by atoms with Gasteiger partial charge < -0.3 is 10.1 Å². The molecule has 2 fully saturated rings. The Bertz CT molecular complexity index is 360. The average Bonchev–Trinajstić information content (AvgIpc) is 3.12. The van der Waals surface area contributed by atoms with Crippen LogP contribution in [0.3, 0.4) is 0 Å². The van der Waals surface area contributed by atoms with Gasteiger partial charge >= 0.3 is 0 Å². The van der Waals surface area contributed by atoms with E-state index >= 15 is 0 Å². The fourth-order valence-electron chi connectivity index (χ4n) is 2.55. The molecule has 0 amide bonds. The Morgan fingerprint density at radius 2 is 1.95 bits per heavy atom. The fourth-order valence-corrected chi connectivity index (χ4v) is 4.15. The van der Waals surface area contributed by atoms with Gasteiger partial charge in [0.25, 0.3) is 0 Å². The maximum Gasteiger partial charge on any atom is 0.211 e. The molecule has 1 saturated carbocycles. The maximum atomic E-state index is 11.9. The summed E-state index contributed by atoms with van der Waals surface area (Å²) in [6, 6.07) is 0. The van der Waals surface area contributed by atoms with E-state index in [4.69, 9.17) is 4.74 Å². The van der Waals surface area contributed by atoms with E-state index < -0.39 is 10.0 Å². The van der Waals surface area contributed by atoms with Crippen molar-refractivity contribution in [1.82, 2.24) is 10.0 Å². The third kappa shape index (κ3) is 5.55. The molecule has 1 heterocycles. The van der Waals surface area contributed by atoms with Crippen LogP contribution >= 0.6 is 12.4 Å². The first-order chi connectivity index (χ1) is 8.55. The van der Waals surface area contributed by atoms with E-state index in [1.165, 1.54) is 0 Å². The third-order valence-corrected chi connectivity index (χ3v) is 5.43. The monoisotopic (exact) mass is 312 g/mol. The van der Waals surface area contributed by atoms with Crippen LogP contribution in [0.5, 0.6) is 0 Å². The minimum atomic E-state index is -3.10. The highest BCUT2D eigenvalue weighted by Crippen LogP contribution is 2.31. The van der Waals surface area contributed by atoms with Gasteiger partial charge in [-0.25, -0.2) is 13.1 Å². The first-order valence-electron chi connectivity index (χ1n) is 6.72. The van der Waals surface area contributed by atoms with Gasteiger partial charge in [-0.3, -0.25) is 0 Å². The molecule has 0 unspecified atom stereocenters. The predicted molar refractivity (Wildman–Crippen MR) is 78.2 cm³/mol. The Hall–Kier alpha value is 0.120. The Balaban J connectivity index is 0.00000180. The van der Waals surface area contributed by atoms with Gasteiger partial charge in [0.2, 0.25) is 10.0 Å². The van der Waals surface area contributed by atoms with Crippen LogP contribution in [0.25, 0.3) is 0 Å². The molecule has 19 heavy (non-hydrogen) atoms. The average molecular weight is 313 g/mol. The van der Waals surface area contributed by atoms with Gasteiger partial charge in [0.05, 0.1) is 12.4 Å². The number of hydrogen-bond donors (Lipinski definition) is 2. The molecule has 2 N–H and O–H groups in total. The van der Waals surface area contributed by atoms with E-state index in [2.05, 4.69) is 10.0 Å². The SMILES string of the molecule is COCC1(CNS(=O)(=O)CC2CC2)CCNCC1.Cl. The minimum Gasteiger partial charge on any atom is -0.384 e. The standard InChI is InChI=1S/C12H24N2O3S.ClH/c1-17-10-12(4-6-13-7-5-12)9-14-18(15,16)8-11-2-3-11;/h11,13-14H,2-10H2,1H3;1H. The molecular formula is C12H25ClN2O3S. The van der Waals surface area contributed by atoms with Gasteiger partial charge in [-0.05, 0) is 44.7 Å². The number of halogens is 1. The summed E-state index contributed by atoms with van der Waals surface area (Å²) in [4.78, 5) is 0. The van der Waals surface area contributed by atoms with Crippen molar-refractivity contribution in [2.45, 2.75) is 25.7 Å². The summed E-state index contributed by atoms with van der Waals surface area (Å²) in [5, 5.41) is 3.30. The Kier molecular flexibility index (Phi) is 6.53. The van der Waals surface area contributed by atoms with Gasteiger partial charge in [-0.1, -0.05) is 0 Å². The summed E-state index contributed by atoms with van der Waals surface area (Å²) in [6.45, 7) is 3.01. The van der Waals surface area contributed by atoms with Crippen molar-refractivity contribution < 1.29 is 13.2 Å². The summed E-state index contributed by atoms with van der Waals surface area (Å²) in [5.74, 6) is 0.697. The van der Waals surface area contributed by atoms with E-state index in [9.17, 15) is 8.42 Å². The Morgan fingerprint density at radius 1 is 1.32 bits per heavy atom. The first-order valence-corrected chi connectivity index (χ1v) is 8.37. The quantitative estimate of drug-likeness (QED) is 0.728. The number of methoxy groups -OCH3 is 1. The zero-order valence-corrected chi connectivity index (χ0v) is 13.1. The van der Waals surface area contributed by atoms with Crippen LogP contribution in [0.1, 0.15) is 25.7 Å². The van der Waals surface area contributed by atoms with E-state index in [-0.39, 0.29) is 17.8 Å². The molecule has 1 aliphatic heterocycles. The molecule has 0 radical (unpaired) electrons. The van der Waals surface area contributed by atoms with Crippen molar-refractivity contribution in [3.63, 3.8) is 0 Å². The molecule has 1 saturated heterocycles. The van der Waals surface area contributed by atoms with Gasteiger partial charge in [0, 0.05) is 19.1 Å². The van der Waals surface area contributed by atoms with E-state index in [0.717, 1.165) is 38.8 Å².